The first-order chi connectivity index (χ1) is 21.4. The first kappa shape index (κ1) is 31.0. The van der Waals surface area contributed by atoms with Crippen LogP contribution in [0.2, 0.25) is 5.02 Å². The van der Waals surface area contributed by atoms with Crippen LogP contribution < -0.4 is 20.1 Å². The Hall–Kier alpha value is -4.47. The van der Waals surface area contributed by atoms with Gasteiger partial charge in [0.1, 0.15) is 5.37 Å². The van der Waals surface area contributed by atoms with Crippen molar-refractivity contribution in [1.82, 2.24) is 10.2 Å². The number of carbonyl (C=O) groups is 3. The molecule has 4 aromatic carbocycles. The lowest BCUT2D eigenvalue weighted by molar-refractivity contribution is -0.128. The van der Waals surface area contributed by atoms with Crippen molar-refractivity contribution >= 4 is 46.8 Å². The quantitative estimate of drug-likeness (QED) is 0.201. The average molecular weight is 630 g/mol. The molecule has 4 aromatic rings. The highest BCUT2D eigenvalue weighted by atomic mass is 35.5. The first-order valence-electron chi connectivity index (χ1n) is 14.0. The molecule has 1 saturated heterocycles. The van der Waals surface area contributed by atoms with Crippen LogP contribution in [0.1, 0.15) is 42.8 Å². The van der Waals surface area contributed by atoms with E-state index in [-0.39, 0.29) is 23.1 Å². The molecule has 226 valence electrons. The molecule has 0 aliphatic carbocycles. The fraction of sp³-hybridized carbons (Fsp3) is 0.206. The molecular weight excluding hydrogens is 598 g/mol. The molecule has 8 nitrogen and oxygen atoms in total. The van der Waals surface area contributed by atoms with Crippen LogP contribution in [0.4, 0.5) is 5.69 Å². The number of hydrogen-bond donors (Lipinski definition) is 2. The summed E-state index contributed by atoms with van der Waals surface area (Å²) >= 11 is 7.57. The number of anilines is 1. The molecule has 1 atom stereocenters. The van der Waals surface area contributed by atoms with Gasteiger partial charge < -0.3 is 25.0 Å². The van der Waals surface area contributed by atoms with E-state index in [2.05, 4.69) is 10.6 Å². The molecule has 10 heteroatoms. The second kappa shape index (κ2) is 14.3. The van der Waals surface area contributed by atoms with E-state index in [1.54, 1.807) is 62.4 Å². The molecule has 0 radical (unpaired) electrons. The van der Waals surface area contributed by atoms with Crippen LogP contribution in [0.3, 0.4) is 0 Å². The second-order valence-corrected chi connectivity index (χ2v) is 11.6. The molecule has 5 rings (SSSR count). The Balaban J connectivity index is 1.20. The van der Waals surface area contributed by atoms with Gasteiger partial charge in [0.25, 0.3) is 11.8 Å². The molecular formula is C34H32ClN3O5S. The molecule has 0 saturated carbocycles. The second-order valence-electron chi connectivity index (χ2n) is 10.1. The van der Waals surface area contributed by atoms with Crippen LogP contribution in [0.5, 0.6) is 11.5 Å². The summed E-state index contributed by atoms with van der Waals surface area (Å²) in [5, 5.41) is 6.30. The number of hydrogen-bond acceptors (Lipinski definition) is 6. The van der Waals surface area contributed by atoms with E-state index in [0.717, 1.165) is 16.7 Å². The number of benzene rings is 4. The molecule has 0 aromatic heterocycles. The van der Waals surface area contributed by atoms with Crippen LogP contribution in [0.15, 0.2) is 91.0 Å². The van der Waals surface area contributed by atoms with Crippen LogP contribution in [-0.2, 0) is 17.8 Å². The number of carbonyl (C=O) groups excluding carboxylic acids is 3. The van der Waals surface area contributed by atoms with Gasteiger partial charge in [-0.2, -0.15) is 0 Å². The van der Waals surface area contributed by atoms with Gasteiger partial charge in [0, 0.05) is 23.7 Å². The molecule has 0 spiro atoms. The summed E-state index contributed by atoms with van der Waals surface area (Å²) in [6, 6.07) is 27.2. The van der Waals surface area contributed by atoms with E-state index in [0.29, 0.717) is 58.6 Å². The van der Waals surface area contributed by atoms with Gasteiger partial charge in [-0.15, -0.1) is 11.8 Å². The van der Waals surface area contributed by atoms with E-state index < -0.39 is 0 Å². The summed E-state index contributed by atoms with van der Waals surface area (Å²) in [6.07, 6.45) is 0.592. The number of rotatable bonds is 11. The summed E-state index contributed by atoms with van der Waals surface area (Å²) in [5.74, 6) is 1.10. The fourth-order valence-corrected chi connectivity index (χ4v) is 6.24. The standard InChI is InChI=1S/C34H32ClN3O5S/c1-42-29-16-9-22(19-30(29)43-2)17-18-36-33(41)27-5-3-4-6-28(27)37-32(40)24-10-12-25(13-11-24)34-38(31(39)21-44-34)20-23-7-14-26(35)15-8-23/h3-16,19,34H,17-18,20-21H2,1-2H3,(H,36,41)(H,37,40)/t34-/m0/s1. The molecule has 0 bridgehead atoms. The van der Waals surface area contributed by atoms with E-state index in [9.17, 15) is 14.4 Å². The minimum atomic E-state index is -0.338. The van der Waals surface area contributed by atoms with E-state index in [4.69, 9.17) is 21.1 Å². The Kier molecular flexibility index (Phi) is 10.1. The molecule has 2 N–H and O–H groups in total. The van der Waals surface area contributed by atoms with Crippen LogP contribution >= 0.6 is 23.4 Å². The van der Waals surface area contributed by atoms with Gasteiger partial charge in [0.15, 0.2) is 11.5 Å². The number of halogens is 1. The fourth-order valence-electron chi connectivity index (χ4n) is 4.92. The van der Waals surface area contributed by atoms with Gasteiger partial charge in [-0.05, 0) is 71.6 Å². The van der Waals surface area contributed by atoms with E-state index in [1.807, 2.05) is 59.5 Å². The van der Waals surface area contributed by atoms with E-state index >= 15 is 0 Å². The third-order valence-electron chi connectivity index (χ3n) is 7.26. The minimum absolute atomic E-state index is 0.0652. The Morgan fingerprint density at radius 3 is 2.32 bits per heavy atom. The smallest absolute Gasteiger partial charge is 0.255 e. The maximum Gasteiger partial charge on any atom is 0.255 e. The predicted molar refractivity (Wildman–Crippen MR) is 174 cm³/mol. The molecule has 0 unspecified atom stereocenters. The lowest BCUT2D eigenvalue weighted by Crippen LogP contribution is -2.27. The molecule has 44 heavy (non-hydrogen) atoms. The van der Waals surface area contributed by atoms with Crippen molar-refractivity contribution in [2.45, 2.75) is 18.3 Å². The van der Waals surface area contributed by atoms with Crippen molar-refractivity contribution in [3.8, 4) is 11.5 Å². The monoisotopic (exact) mass is 629 g/mol. The maximum atomic E-state index is 13.2. The third kappa shape index (κ3) is 7.35. The summed E-state index contributed by atoms with van der Waals surface area (Å²) in [7, 11) is 3.16. The lowest BCUT2D eigenvalue weighted by atomic mass is 10.1. The predicted octanol–water partition coefficient (Wildman–Crippen LogP) is 6.36. The van der Waals surface area contributed by atoms with Crippen molar-refractivity contribution in [3.05, 3.63) is 124 Å². The SMILES string of the molecule is COc1ccc(CCNC(=O)c2ccccc2NC(=O)c2ccc([C@@H]3SCC(=O)N3Cc3ccc(Cl)cc3)cc2)cc1OC. The highest BCUT2D eigenvalue weighted by Crippen LogP contribution is 2.39. The number of ether oxygens (including phenoxy) is 2. The van der Waals surface area contributed by atoms with Crippen LogP contribution in [-0.4, -0.2) is 49.1 Å². The maximum absolute atomic E-state index is 13.2. The number of methoxy groups -OCH3 is 2. The molecule has 1 aliphatic heterocycles. The van der Waals surface area contributed by atoms with Crippen molar-refractivity contribution < 1.29 is 23.9 Å². The highest BCUT2D eigenvalue weighted by molar-refractivity contribution is 8.00. The van der Waals surface area contributed by atoms with Gasteiger partial charge in [0.05, 0.1) is 31.2 Å². The van der Waals surface area contributed by atoms with Crippen LogP contribution in [0, 0.1) is 0 Å². The molecule has 1 fully saturated rings. The zero-order valence-electron chi connectivity index (χ0n) is 24.3. The Bertz CT molecular complexity index is 1650. The molecule has 3 amide bonds. The first-order valence-corrected chi connectivity index (χ1v) is 15.4. The van der Waals surface area contributed by atoms with Crippen molar-refractivity contribution in [1.29, 1.82) is 0 Å². The number of thioether (sulfide) groups is 1. The lowest BCUT2D eigenvalue weighted by Gasteiger charge is -2.24. The number of nitrogens with zero attached hydrogens (tertiary/aromatic N) is 1. The number of amides is 3. The van der Waals surface area contributed by atoms with Gasteiger partial charge >= 0.3 is 0 Å². The Morgan fingerprint density at radius 2 is 1.59 bits per heavy atom. The summed E-state index contributed by atoms with van der Waals surface area (Å²) in [5.41, 5.74) is 4.13. The van der Waals surface area contributed by atoms with Gasteiger partial charge in [-0.25, -0.2) is 0 Å². The van der Waals surface area contributed by atoms with Crippen molar-refractivity contribution in [2.24, 2.45) is 0 Å². The Labute approximate surface area is 265 Å². The highest BCUT2D eigenvalue weighted by Gasteiger charge is 2.32. The number of nitrogens with one attached hydrogen (secondary N) is 2. The van der Waals surface area contributed by atoms with Crippen LogP contribution in [0.25, 0.3) is 0 Å². The average Bonchev–Trinajstić information content (AvgIpc) is 3.41. The normalized spacial score (nSPS) is 14.3. The molecule has 1 aliphatic rings. The summed E-state index contributed by atoms with van der Waals surface area (Å²) < 4.78 is 10.6. The number of para-hydroxylation sites is 1. The van der Waals surface area contributed by atoms with Crippen molar-refractivity contribution in [2.75, 3.05) is 31.8 Å². The van der Waals surface area contributed by atoms with Gasteiger partial charge in [0.2, 0.25) is 5.91 Å². The van der Waals surface area contributed by atoms with Gasteiger partial charge in [-0.3, -0.25) is 14.4 Å². The molecule has 1 heterocycles. The largest absolute Gasteiger partial charge is 0.493 e. The summed E-state index contributed by atoms with van der Waals surface area (Å²) in [6.45, 7) is 0.873. The zero-order chi connectivity index (χ0) is 31.1. The zero-order valence-corrected chi connectivity index (χ0v) is 25.9. The van der Waals surface area contributed by atoms with E-state index in [1.165, 1.54) is 0 Å². The van der Waals surface area contributed by atoms with Gasteiger partial charge in [-0.1, -0.05) is 54.1 Å². The topological polar surface area (TPSA) is 97.0 Å². The minimum Gasteiger partial charge on any atom is -0.493 e. The third-order valence-corrected chi connectivity index (χ3v) is 8.77. The Morgan fingerprint density at radius 1 is 0.886 bits per heavy atom. The summed E-state index contributed by atoms with van der Waals surface area (Å²) in [4.78, 5) is 40.7. The van der Waals surface area contributed by atoms with Crippen molar-refractivity contribution in [3.63, 3.8) is 0 Å².